The molecule has 4 heteroatoms. The third kappa shape index (κ3) is 2.75. The van der Waals surface area contributed by atoms with E-state index in [4.69, 9.17) is 4.99 Å². The molecule has 0 bridgehead atoms. The summed E-state index contributed by atoms with van der Waals surface area (Å²) in [5.41, 5.74) is 2.63. The zero-order valence-corrected chi connectivity index (χ0v) is 25.1. The molecule has 0 N–H and O–H groups in total. The van der Waals surface area contributed by atoms with Crippen LogP contribution < -0.4 is 0 Å². The Labute approximate surface area is 235 Å². The predicted molar refractivity (Wildman–Crippen MR) is 156 cm³/mol. The standard InChI is InChI=1S/C35H47N3O/c1-8-34(38-17-9-10-18-38)16-14-30(4)13-15-33(7)32(6)12-11-24-29(2,3)28(39)23(22-36)20-31(24,5)25(32)19-27-35(33,37-27)26(30)21-34/h8,19-20,24,26H,1,9-18,21H2,2-7H3/t24-,26+,30-,31-,32+,33-,34-,35+/m0/s1. The van der Waals surface area contributed by atoms with Gasteiger partial charge in [-0.3, -0.25) is 14.7 Å². The fourth-order valence-corrected chi connectivity index (χ4v) is 11.8. The van der Waals surface area contributed by atoms with Gasteiger partial charge in [-0.2, -0.15) is 5.26 Å². The molecule has 208 valence electrons. The topological polar surface area (TPSA) is 56.5 Å². The summed E-state index contributed by atoms with van der Waals surface area (Å²) in [5.74, 6) is 0.757. The summed E-state index contributed by atoms with van der Waals surface area (Å²) in [6.07, 6.45) is 17.7. The molecule has 4 nitrogen and oxygen atoms in total. The number of hydrogen-bond acceptors (Lipinski definition) is 4. The minimum Gasteiger partial charge on any atom is -0.294 e. The highest BCUT2D eigenvalue weighted by atomic mass is 16.1. The molecule has 3 saturated carbocycles. The fourth-order valence-electron chi connectivity index (χ4n) is 11.8. The molecule has 0 aromatic carbocycles. The van der Waals surface area contributed by atoms with Crippen molar-refractivity contribution in [3.8, 4) is 6.07 Å². The number of Topliss-reactive ketones (excluding diaryl/α,β-unsaturated/α-hetero) is 1. The Hall–Kier alpha value is -1.99. The Morgan fingerprint density at radius 1 is 1.03 bits per heavy atom. The molecule has 0 amide bonds. The zero-order chi connectivity index (χ0) is 27.9. The van der Waals surface area contributed by atoms with Crippen LogP contribution in [0.5, 0.6) is 0 Å². The molecule has 7 rings (SSSR count). The van der Waals surface area contributed by atoms with E-state index >= 15 is 0 Å². The van der Waals surface area contributed by atoms with Crippen molar-refractivity contribution in [3.63, 3.8) is 0 Å². The van der Waals surface area contributed by atoms with Gasteiger partial charge in [-0.15, -0.1) is 6.58 Å². The van der Waals surface area contributed by atoms with Gasteiger partial charge in [-0.1, -0.05) is 59.3 Å². The molecule has 2 heterocycles. The molecule has 0 aromatic rings. The maximum Gasteiger partial charge on any atom is 0.178 e. The number of aliphatic imine (C=N–C) groups is 1. The summed E-state index contributed by atoms with van der Waals surface area (Å²) in [6.45, 7) is 21.0. The largest absolute Gasteiger partial charge is 0.294 e. The minimum atomic E-state index is -0.536. The lowest BCUT2D eigenvalue weighted by molar-refractivity contribution is -0.139. The molecule has 4 fully saturated rings. The summed E-state index contributed by atoms with van der Waals surface area (Å²) < 4.78 is 0. The van der Waals surface area contributed by atoms with Crippen LogP contribution in [0.3, 0.4) is 0 Å². The third-order valence-corrected chi connectivity index (χ3v) is 14.4. The van der Waals surface area contributed by atoms with Crippen LogP contribution in [0.1, 0.15) is 99.3 Å². The van der Waals surface area contributed by atoms with Gasteiger partial charge in [0.15, 0.2) is 5.78 Å². The number of rotatable bonds is 2. The van der Waals surface area contributed by atoms with Crippen molar-refractivity contribution in [1.29, 1.82) is 5.26 Å². The zero-order valence-electron chi connectivity index (χ0n) is 25.1. The maximum atomic E-state index is 13.3. The van der Waals surface area contributed by atoms with Crippen LogP contribution in [0.2, 0.25) is 0 Å². The van der Waals surface area contributed by atoms with Crippen LogP contribution in [0.15, 0.2) is 40.9 Å². The first-order chi connectivity index (χ1) is 18.3. The van der Waals surface area contributed by atoms with E-state index in [0.29, 0.717) is 16.9 Å². The van der Waals surface area contributed by atoms with E-state index < -0.39 is 5.41 Å². The average molecular weight is 526 g/mol. The first kappa shape index (κ1) is 25.9. The van der Waals surface area contributed by atoms with E-state index in [1.807, 2.05) is 0 Å². The van der Waals surface area contributed by atoms with Gasteiger partial charge in [0, 0.05) is 21.8 Å². The van der Waals surface area contributed by atoms with E-state index in [1.54, 1.807) is 0 Å². The highest BCUT2D eigenvalue weighted by molar-refractivity contribution is 6.16. The molecular weight excluding hydrogens is 478 g/mol. The predicted octanol–water partition coefficient (Wildman–Crippen LogP) is 7.23. The lowest BCUT2D eigenvalue weighted by atomic mass is 9.34. The molecule has 5 aliphatic carbocycles. The third-order valence-electron chi connectivity index (χ3n) is 14.4. The van der Waals surface area contributed by atoms with Gasteiger partial charge in [0.2, 0.25) is 0 Å². The molecule has 0 radical (unpaired) electrons. The van der Waals surface area contributed by atoms with Crippen molar-refractivity contribution in [3.05, 3.63) is 36.0 Å². The molecule has 7 aliphatic rings. The molecule has 0 unspecified atom stereocenters. The number of likely N-dealkylation sites (tertiary alicyclic amines) is 1. The molecule has 1 spiro atoms. The van der Waals surface area contributed by atoms with Crippen molar-refractivity contribution in [2.75, 3.05) is 13.1 Å². The van der Waals surface area contributed by atoms with Crippen LogP contribution in [-0.4, -0.2) is 40.6 Å². The van der Waals surface area contributed by atoms with Gasteiger partial charge in [0.05, 0.1) is 11.3 Å². The molecule has 8 atom stereocenters. The molecule has 2 aliphatic heterocycles. The first-order valence-corrected chi connectivity index (χ1v) is 15.7. The minimum absolute atomic E-state index is 0.0153. The number of carbonyl (C=O) groups is 1. The van der Waals surface area contributed by atoms with Crippen LogP contribution in [-0.2, 0) is 4.79 Å². The number of fused-ring (bicyclic) bond motifs is 5. The Bertz CT molecular complexity index is 1320. The molecule has 0 aromatic heterocycles. The van der Waals surface area contributed by atoms with E-state index in [2.05, 4.69) is 77.3 Å². The van der Waals surface area contributed by atoms with Crippen molar-refractivity contribution in [2.45, 2.75) is 110 Å². The summed E-state index contributed by atoms with van der Waals surface area (Å²) in [4.78, 5) is 21.7. The van der Waals surface area contributed by atoms with Gasteiger partial charge < -0.3 is 0 Å². The number of nitrogens with zero attached hydrogens (tertiary/aromatic N) is 3. The van der Waals surface area contributed by atoms with Crippen LogP contribution in [0.4, 0.5) is 0 Å². The summed E-state index contributed by atoms with van der Waals surface area (Å²) in [6, 6.07) is 2.29. The van der Waals surface area contributed by atoms with E-state index in [9.17, 15) is 10.1 Å². The average Bonchev–Trinajstić information content (AvgIpc) is 3.36. The second-order valence-electron chi connectivity index (χ2n) is 16.0. The Kier molecular flexibility index (Phi) is 4.95. The Morgan fingerprint density at radius 2 is 1.72 bits per heavy atom. The maximum absolute atomic E-state index is 13.3. The summed E-state index contributed by atoms with van der Waals surface area (Å²) in [5, 5.41) is 9.98. The number of ketones is 1. The van der Waals surface area contributed by atoms with Gasteiger partial charge in [0.25, 0.3) is 0 Å². The van der Waals surface area contributed by atoms with E-state index in [-0.39, 0.29) is 39.0 Å². The smallest absolute Gasteiger partial charge is 0.178 e. The second kappa shape index (κ2) is 7.44. The Morgan fingerprint density at radius 3 is 2.38 bits per heavy atom. The van der Waals surface area contributed by atoms with Crippen molar-refractivity contribution in [2.24, 2.45) is 43.9 Å². The second-order valence-corrected chi connectivity index (χ2v) is 16.0. The van der Waals surface area contributed by atoms with Crippen molar-refractivity contribution in [1.82, 2.24) is 4.90 Å². The molecule has 1 saturated heterocycles. The van der Waals surface area contributed by atoms with E-state index in [1.165, 1.54) is 69.3 Å². The number of allylic oxidation sites excluding steroid dienone is 3. The molecular formula is C35H47N3O. The lowest BCUT2D eigenvalue weighted by Crippen LogP contribution is -2.69. The van der Waals surface area contributed by atoms with Crippen molar-refractivity contribution >= 4 is 11.5 Å². The van der Waals surface area contributed by atoms with Gasteiger partial charge in [0.1, 0.15) is 11.6 Å². The summed E-state index contributed by atoms with van der Waals surface area (Å²) >= 11 is 0. The van der Waals surface area contributed by atoms with Gasteiger partial charge >= 0.3 is 0 Å². The monoisotopic (exact) mass is 525 g/mol. The normalized spacial score (nSPS) is 51.5. The van der Waals surface area contributed by atoms with Gasteiger partial charge in [-0.05, 0) is 99.6 Å². The van der Waals surface area contributed by atoms with Gasteiger partial charge in [-0.25, -0.2) is 0 Å². The highest BCUT2D eigenvalue weighted by Crippen LogP contribution is 2.79. The van der Waals surface area contributed by atoms with Crippen LogP contribution in [0, 0.1) is 50.2 Å². The fraction of sp³-hybridized carbons (Fsp3) is 0.743. The van der Waals surface area contributed by atoms with Crippen LogP contribution in [0.25, 0.3) is 0 Å². The summed E-state index contributed by atoms with van der Waals surface area (Å²) in [7, 11) is 0. The first-order valence-electron chi connectivity index (χ1n) is 15.7. The Balaban J connectivity index is 1.36. The SMILES string of the molecule is C=C[C@]1(N2CCCC2)CC[C@]2(C)CC[C@@]3(C)[C@]4(C)CC[C@H]5C(C)(C)C(=O)C(C#N)=C[C@]5(C)C4=CC4=N[C@]43[C@@H]2C1. The van der Waals surface area contributed by atoms with Crippen LogP contribution >= 0.6 is 0 Å². The number of nitriles is 1. The molecule has 39 heavy (non-hydrogen) atoms. The highest BCUT2D eigenvalue weighted by Gasteiger charge is 2.79. The number of hydrogen-bond donors (Lipinski definition) is 0. The lowest BCUT2D eigenvalue weighted by Gasteiger charge is -2.69. The number of carbonyl (C=O) groups excluding carboxylic acids is 1. The van der Waals surface area contributed by atoms with Crippen molar-refractivity contribution < 1.29 is 4.79 Å². The van der Waals surface area contributed by atoms with E-state index in [0.717, 1.165) is 12.8 Å². The quantitative estimate of drug-likeness (QED) is 0.357.